The molecule has 1 aromatic carbocycles. The number of hydrogen-bond acceptors (Lipinski definition) is 4. The summed E-state index contributed by atoms with van der Waals surface area (Å²) in [4.78, 5) is 14.0. The summed E-state index contributed by atoms with van der Waals surface area (Å²) in [6.45, 7) is 5.93. The van der Waals surface area contributed by atoms with Gasteiger partial charge in [-0.3, -0.25) is 4.79 Å². The number of thiophene rings is 1. The molecule has 5 nitrogen and oxygen atoms in total. The van der Waals surface area contributed by atoms with E-state index >= 15 is 0 Å². The number of nitriles is 2. The van der Waals surface area contributed by atoms with Gasteiger partial charge in [0.1, 0.15) is 22.7 Å². The Morgan fingerprint density at radius 3 is 2.53 bits per heavy atom. The van der Waals surface area contributed by atoms with E-state index in [1.54, 1.807) is 17.4 Å². The number of anilines is 1. The normalized spacial score (nSPS) is 13.2. The summed E-state index contributed by atoms with van der Waals surface area (Å²) in [7, 11) is 0. The minimum atomic E-state index is -0.439. The molecule has 0 atom stereocenters. The molecule has 0 saturated carbocycles. The third kappa shape index (κ3) is 3.98. The van der Waals surface area contributed by atoms with E-state index in [-0.39, 0.29) is 5.57 Å². The van der Waals surface area contributed by atoms with Crippen molar-refractivity contribution in [3.05, 3.63) is 74.4 Å². The van der Waals surface area contributed by atoms with E-state index in [4.69, 9.17) is 0 Å². The number of hydrogen-bond donors (Lipinski definition) is 1. The van der Waals surface area contributed by atoms with Gasteiger partial charge in [0.25, 0.3) is 5.91 Å². The van der Waals surface area contributed by atoms with Crippen LogP contribution in [0.2, 0.25) is 0 Å². The molecule has 32 heavy (non-hydrogen) atoms. The van der Waals surface area contributed by atoms with Crippen LogP contribution >= 0.6 is 11.3 Å². The number of aromatic nitrogens is 1. The van der Waals surface area contributed by atoms with E-state index in [1.807, 2.05) is 57.2 Å². The van der Waals surface area contributed by atoms with Crippen molar-refractivity contribution in [2.24, 2.45) is 0 Å². The molecule has 1 aliphatic rings. The maximum atomic E-state index is 12.7. The van der Waals surface area contributed by atoms with Crippen LogP contribution in [0.1, 0.15) is 51.4 Å². The Morgan fingerprint density at radius 1 is 1.12 bits per heavy atom. The summed E-state index contributed by atoms with van der Waals surface area (Å²) in [6.07, 6.45) is 5.90. The van der Waals surface area contributed by atoms with Gasteiger partial charge in [0.2, 0.25) is 0 Å². The average Bonchev–Trinajstić information content (AvgIpc) is 3.28. The number of aryl methyl sites for hydroxylation is 3. The number of fused-ring (bicyclic) bond motifs is 1. The minimum absolute atomic E-state index is 0.0387. The van der Waals surface area contributed by atoms with Gasteiger partial charge in [-0.25, -0.2) is 0 Å². The number of benzene rings is 1. The Labute approximate surface area is 192 Å². The van der Waals surface area contributed by atoms with Crippen molar-refractivity contribution in [3.8, 4) is 17.1 Å². The van der Waals surface area contributed by atoms with Crippen molar-refractivity contribution in [1.82, 2.24) is 4.57 Å². The fourth-order valence-electron chi connectivity index (χ4n) is 4.21. The molecular formula is C26H24N4OS. The molecule has 6 heteroatoms. The third-order valence-corrected chi connectivity index (χ3v) is 7.19. The summed E-state index contributed by atoms with van der Waals surface area (Å²) in [5.41, 5.74) is 6.42. The van der Waals surface area contributed by atoms with Gasteiger partial charge in [0.05, 0.1) is 5.56 Å². The molecule has 1 amide bonds. The standard InChI is InChI=1S/C26H24N4OS/c1-16-8-10-21(11-9-16)29-25(31)20(14-27)13-19-12-17(2)30(18(19)3)26-23(15-28)22-6-4-5-7-24(22)32-26/h8-13H,4-7H2,1-3H3,(H,29,31). The van der Waals surface area contributed by atoms with E-state index < -0.39 is 5.91 Å². The lowest BCUT2D eigenvalue weighted by Crippen LogP contribution is -2.13. The largest absolute Gasteiger partial charge is 0.321 e. The first-order chi connectivity index (χ1) is 15.4. The summed E-state index contributed by atoms with van der Waals surface area (Å²) in [5, 5.41) is 23.2. The maximum Gasteiger partial charge on any atom is 0.266 e. The van der Waals surface area contributed by atoms with Crippen LogP contribution in [0.3, 0.4) is 0 Å². The molecule has 0 radical (unpaired) electrons. The summed E-state index contributed by atoms with van der Waals surface area (Å²) in [5.74, 6) is -0.439. The second kappa shape index (κ2) is 8.86. The molecule has 3 aromatic rings. The number of nitrogens with zero attached hydrogens (tertiary/aromatic N) is 3. The van der Waals surface area contributed by atoms with Crippen LogP contribution < -0.4 is 5.32 Å². The fourth-order valence-corrected chi connectivity index (χ4v) is 5.66. The van der Waals surface area contributed by atoms with Gasteiger partial charge in [-0.2, -0.15) is 10.5 Å². The van der Waals surface area contributed by atoms with E-state index in [2.05, 4.69) is 16.0 Å². The van der Waals surface area contributed by atoms with Crippen LogP contribution in [0, 0.1) is 43.4 Å². The topological polar surface area (TPSA) is 81.6 Å². The first kappa shape index (κ1) is 21.6. The lowest BCUT2D eigenvalue weighted by atomic mass is 9.96. The van der Waals surface area contributed by atoms with E-state index in [1.165, 1.54) is 10.4 Å². The summed E-state index contributed by atoms with van der Waals surface area (Å²) < 4.78 is 2.08. The monoisotopic (exact) mass is 440 g/mol. The SMILES string of the molecule is Cc1ccc(NC(=O)C(C#N)=Cc2cc(C)n(-c3sc4c(c3C#N)CCCC4)c2C)cc1. The second-order valence-electron chi connectivity index (χ2n) is 8.15. The molecule has 1 N–H and O–H groups in total. The Balaban J connectivity index is 1.70. The highest BCUT2D eigenvalue weighted by Gasteiger charge is 2.24. The molecule has 0 bridgehead atoms. The van der Waals surface area contributed by atoms with Gasteiger partial charge in [-0.05, 0) is 81.9 Å². The zero-order valence-corrected chi connectivity index (χ0v) is 19.3. The highest BCUT2D eigenvalue weighted by molar-refractivity contribution is 7.15. The predicted octanol–water partition coefficient (Wildman–Crippen LogP) is 5.76. The van der Waals surface area contributed by atoms with Crippen molar-refractivity contribution in [1.29, 1.82) is 10.5 Å². The smallest absolute Gasteiger partial charge is 0.266 e. The first-order valence-electron chi connectivity index (χ1n) is 10.7. The summed E-state index contributed by atoms with van der Waals surface area (Å²) in [6, 6.07) is 13.9. The maximum absolute atomic E-state index is 12.7. The first-order valence-corrected chi connectivity index (χ1v) is 11.5. The Hall–Kier alpha value is -3.61. The molecule has 0 fully saturated rings. The Kier molecular flexibility index (Phi) is 5.99. The van der Waals surface area contributed by atoms with Crippen LogP contribution in [-0.2, 0) is 17.6 Å². The quantitative estimate of drug-likeness (QED) is 0.414. The third-order valence-electron chi connectivity index (χ3n) is 5.91. The van der Waals surface area contributed by atoms with Crippen molar-refractivity contribution < 1.29 is 4.79 Å². The molecule has 4 rings (SSSR count). The molecule has 160 valence electrons. The molecular weight excluding hydrogens is 416 g/mol. The highest BCUT2D eigenvalue weighted by atomic mass is 32.1. The number of rotatable bonds is 4. The van der Waals surface area contributed by atoms with Crippen LogP contribution in [-0.4, -0.2) is 10.5 Å². The molecule has 1 aliphatic carbocycles. The van der Waals surface area contributed by atoms with Gasteiger partial charge in [0.15, 0.2) is 0 Å². The van der Waals surface area contributed by atoms with Crippen LogP contribution in [0.5, 0.6) is 0 Å². The van der Waals surface area contributed by atoms with Crippen molar-refractivity contribution in [2.45, 2.75) is 46.5 Å². The molecule has 2 heterocycles. The number of amides is 1. The zero-order chi connectivity index (χ0) is 22.8. The Morgan fingerprint density at radius 2 is 1.84 bits per heavy atom. The molecule has 2 aromatic heterocycles. The van der Waals surface area contributed by atoms with E-state index in [9.17, 15) is 15.3 Å². The molecule has 0 spiro atoms. The summed E-state index contributed by atoms with van der Waals surface area (Å²) >= 11 is 1.69. The van der Waals surface area contributed by atoms with Crippen LogP contribution in [0.15, 0.2) is 35.9 Å². The lowest BCUT2D eigenvalue weighted by Gasteiger charge is -2.10. The zero-order valence-electron chi connectivity index (χ0n) is 18.5. The van der Waals surface area contributed by atoms with Crippen molar-refractivity contribution in [2.75, 3.05) is 5.32 Å². The number of carbonyl (C=O) groups excluding carboxylic acids is 1. The van der Waals surface area contributed by atoms with Crippen LogP contribution in [0.4, 0.5) is 5.69 Å². The van der Waals surface area contributed by atoms with Crippen molar-refractivity contribution >= 4 is 29.0 Å². The fraction of sp³-hybridized carbons (Fsp3) is 0.269. The predicted molar refractivity (Wildman–Crippen MR) is 128 cm³/mol. The lowest BCUT2D eigenvalue weighted by molar-refractivity contribution is -0.112. The minimum Gasteiger partial charge on any atom is -0.321 e. The number of carbonyl (C=O) groups is 1. The van der Waals surface area contributed by atoms with Gasteiger partial charge in [-0.15, -0.1) is 11.3 Å². The molecule has 0 unspecified atom stereocenters. The van der Waals surface area contributed by atoms with Gasteiger partial charge in [0, 0.05) is 22.0 Å². The average molecular weight is 441 g/mol. The van der Waals surface area contributed by atoms with Crippen molar-refractivity contribution in [3.63, 3.8) is 0 Å². The van der Waals surface area contributed by atoms with Gasteiger partial charge >= 0.3 is 0 Å². The second-order valence-corrected chi connectivity index (χ2v) is 9.24. The number of nitrogens with one attached hydrogen (secondary N) is 1. The van der Waals surface area contributed by atoms with Gasteiger partial charge < -0.3 is 9.88 Å². The van der Waals surface area contributed by atoms with E-state index in [0.717, 1.165) is 58.8 Å². The Bertz CT molecular complexity index is 1310. The van der Waals surface area contributed by atoms with Gasteiger partial charge in [-0.1, -0.05) is 17.7 Å². The van der Waals surface area contributed by atoms with Crippen LogP contribution in [0.25, 0.3) is 11.1 Å². The van der Waals surface area contributed by atoms with E-state index in [0.29, 0.717) is 5.69 Å². The molecule has 0 saturated heterocycles. The molecule has 0 aliphatic heterocycles. The highest BCUT2D eigenvalue weighted by Crippen LogP contribution is 2.38.